The van der Waals surface area contributed by atoms with Gasteiger partial charge in [-0.25, -0.2) is 4.79 Å². The van der Waals surface area contributed by atoms with Crippen LogP contribution in [-0.4, -0.2) is 88.3 Å². The van der Waals surface area contributed by atoms with Crippen LogP contribution in [0, 0.1) is 0 Å². The Morgan fingerprint density at radius 2 is 1.42 bits per heavy atom. The van der Waals surface area contributed by atoms with E-state index in [1.54, 1.807) is 0 Å². The van der Waals surface area contributed by atoms with E-state index in [4.69, 9.17) is 16.6 Å². The van der Waals surface area contributed by atoms with E-state index >= 15 is 0 Å². The number of carboxylic acids is 2. The summed E-state index contributed by atoms with van der Waals surface area (Å²) < 4.78 is 0. The predicted octanol–water partition coefficient (Wildman–Crippen LogP) is -1.47. The van der Waals surface area contributed by atoms with Crippen molar-refractivity contribution in [3.63, 3.8) is 0 Å². The lowest BCUT2D eigenvalue weighted by Gasteiger charge is -2.25. The van der Waals surface area contributed by atoms with Gasteiger partial charge in [-0.3, -0.25) is 19.2 Å². The Morgan fingerprint density at radius 3 is 1.91 bits per heavy atom. The molecular weight excluding hydrogens is 474 g/mol. The standard InChI is InChI=1S/C19H35N5O7S2/c1-33-9-7-14(19(30)31)24-17(28)12(4-2-3-8-20)23-18(29)13(5-6-15(25)26)22-16(27)11(21)10-32/h11-14,32H,2-10,20-21H2,1H3,(H,22,27)(H,23,29)(H,24,28)(H,25,26)(H,30,31). The van der Waals surface area contributed by atoms with Crippen LogP contribution < -0.4 is 27.4 Å². The maximum absolute atomic E-state index is 12.8. The molecule has 0 aliphatic heterocycles. The minimum Gasteiger partial charge on any atom is -0.481 e. The van der Waals surface area contributed by atoms with Crippen LogP contribution in [0.2, 0.25) is 0 Å². The average molecular weight is 510 g/mol. The van der Waals surface area contributed by atoms with Crippen molar-refractivity contribution in [2.75, 3.05) is 24.3 Å². The van der Waals surface area contributed by atoms with Crippen LogP contribution in [0.25, 0.3) is 0 Å². The van der Waals surface area contributed by atoms with Crippen molar-refractivity contribution in [3.05, 3.63) is 0 Å². The number of hydrogen-bond acceptors (Lipinski definition) is 9. The molecule has 0 saturated heterocycles. The van der Waals surface area contributed by atoms with Crippen molar-refractivity contribution < 1.29 is 34.2 Å². The van der Waals surface area contributed by atoms with Crippen LogP contribution in [-0.2, 0) is 24.0 Å². The van der Waals surface area contributed by atoms with Gasteiger partial charge in [-0.05, 0) is 50.7 Å². The number of carbonyl (C=O) groups is 5. The molecule has 3 amide bonds. The molecule has 0 aliphatic carbocycles. The fraction of sp³-hybridized carbons (Fsp3) is 0.737. The molecule has 9 N–H and O–H groups in total. The second-order valence-corrected chi connectivity index (χ2v) is 8.66. The van der Waals surface area contributed by atoms with Crippen molar-refractivity contribution in [2.45, 2.75) is 62.7 Å². The van der Waals surface area contributed by atoms with E-state index in [0.717, 1.165) is 0 Å². The number of carbonyl (C=O) groups excluding carboxylic acids is 3. The number of hydrogen-bond donors (Lipinski definition) is 8. The van der Waals surface area contributed by atoms with Gasteiger partial charge in [0.05, 0.1) is 6.04 Å². The molecule has 12 nitrogen and oxygen atoms in total. The predicted molar refractivity (Wildman–Crippen MR) is 128 cm³/mol. The third kappa shape index (κ3) is 13.3. The summed E-state index contributed by atoms with van der Waals surface area (Å²) in [5.74, 6) is -4.01. The lowest BCUT2D eigenvalue weighted by Crippen LogP contribution is -2.57. The Bertz CT molecular complexity index is 668. The van der Waals surface area contributed by atoms with Gasteiger partial charge in [0.25, 0.3) is 0 Å². The van der Waals surface area contributed by atoms with Crippen molar-refractivity contribution in [2.24, 2.45) is 11.5 Å². The van der Waals surface area contributed by atoms with Gasteiger partial charge in [-0.15, -0.1) is 0 Å². The molecule has 0 aliphatic rings. The first-order valence-electron chi connectivity index (χ1n) is 10.5. The maximum Gasteiger partial charge on any atom is 0.326 e. The highest BCUT2D eigenvalue weighted by Crippen LogP contribution is 2.07. The molecule has 0 aromatic rings. The molecule has 33 heavy (non-hydrogen) atoms. The largest absolute Gasteiger partial charge is 0.481 e. The molecule has 14 heteroatoms. The molecule has 0 fully saturated rings. The third-order valence-corrected chi connectivity index (χ3v) is 5.66. The summed E-state index contributed by atoms with van der Waals surface area (Å²) in [4.78, 5) is 60.2. The minimum absolute atomic E-state index is 0.00977. The molecule has 0 rings (SSSR count). The van der Waals surface area contributed by atoms with Crippen LogP contribution in [0.3, 0.4) is 0 Å². The number of carboxylic acid groups (broad SMARTS) is 2. The smallest absolute Gasteiger partial charge is 0.326 e. The fourth-order valence-electron chi connectivity index (χ4n) is 2.70. The van der Waals surface area contributed by atoms with Crippen LogP contribution in [0.5, 0.6) is 0 Å². The van der Waals surface area contributed by atoms with Gasteiger partial charge in [0, 0.05) is 12.2 Å². The number of nitrogens with two attached hydrogens (primary N) is 2. The summed E-state index contributed by atoms with van der Waals surface area (Å²) in [5, 5.41) is 25.6. The number of nitrogens with one attached hydrogen (secondary N) is 3. The minimum atomic E-state index is -1.25. The summed E-state index contributed by atoms with van der Waals surface area (Å²) >= 11 is 5.35. The Hall–Kier alpha value is -2.03. The summed E-state index contributed by atoms with van der Waals surface area (Å²) in [5.41, 5.74) is 11.1. The maximum atomic E-state index is 12.8. The van der Waals surface area contributed by atoms with E-state index in [1.807, 2.05) is 6.26 Å². The Labute approximate surface area is 202 Å². The van der Waals surface area contributed by atoms with Crippen molar-refractivity contribution in [1.29, 1.82) is 0 Å². The first-order valence-corrected chi connectivity index (χ1v) is 12.5. The highest BCUT2D eigenvalue weighted by molar-refractivity contribution is 7.98. The van der Waals surface area contributed by atoms with E-state index in [2.05, 4.69) is 28.6 Å². The van der Waals surface area contributed by atoms with Crippen molar-refractivity contribution >= 4 is 54.1 Å². The molecule has 4 atom stereocenters. The molecule has 0 radical (unpaired) electrons. The lowest BCUT2D eigenvalue weighted by molar-refractivity contribution is -0.142. The highest BCUT2D eigenvalue weighted by atomic mass is 32.2. The number of aliphatic carboxylic acids is 2. The van der Waals surface area contributed by atoms with Gasteiger partial charge in [-0.2, -0.15) is 24.4 Å². The second-order valence-electron chi connectivity index (χ2n) is 7.31. The van der Waals surface area contributed by atoms with Gasteiger partial charge in [0.1, 0.15) is 18.1 Å². The second kappa shape index (κ2) is 17.4. The summed E-state index contributed by atoms with van der Waals surface area (Å²) in [6, 6.07) is -4.49. The molecule has 0 bridgehead atoms. The van der Waals surface area contributed by atoms with Crippen LogP contribution >= 0.6 is 24.4 Å². The Morgan fingerprint density at radius 1 is 0.879 bits per heavy atom. The highest BCUT2D eigenvalue weighted by Gasteiger charge is 2.30. The zero-order valence-electron chi connectivity index (χ0n) is 18.6. The lowest BCUT2D eigenvalue weighted by atomic mass is 10.1. The normalized spacial score (nSPS) is 14.4. The fourth-order valence-corrected chi connectivity index (χ4v) is 3.33. The van der Waals surface area contributed by atoms with Crippen LogP contribution in [0.1, 0.15) is 38.5 Å². The Balaban J connectivity index is 5.47. The van der Waals surface area contributed by atoms with E-state index in [0.29, 0.717) is 25.1 Å². The first kappa shape index (κ1) is 31.0. The van der Waals surface area contributed by atoms with E-state index in [1.165, 1.54) is 11.8 Å². The zero-order chi connectivity index (χ0) is 25.4. The molecule has 4 unspecified atom stereocenters. The van der Waals surface area contributed by atoms with Gasteiger partial charge in [0.15, 0.2) is 0 Å². The summed E-state index contributed by atoms with van der Waals surface area (Å²) in [6.07, 6.45) is 2.60. The van der Waals surface area contributed by atoms with Crippen LogP contribution in [0.4, 0.5) is 0 Å². The van der Waals surface area contributed by atoms with Crippen molar-refractivity contribution in [3.8, 4) is 0 Å². The third-order valence-electron chi connectivity index (χ3n) is 4.62. The number of thioether (sulfide) groups is 1. The van der Waals surface area contributed by atoms with E-state index in [-0.39, 0.29) is 25.0 Å². The van der Waals surface area contributed by atoms with E-state index < -0.39 is 60.2 Å². The molecule has 190 valence electrons. The summed E-state index contributed by atoms with van der Waals surface area (Å²) in [6.45, 7) is 0.368. The van der Waals surface area contributed by atoms with Gasteiger partial charge in [0.2, 0.25) is 17.7 Å². The van der Waals surface area contributed by atoms with Gasteiger partial charge < -0.3 is 37.6 Å². The number of unbranched alkanes of at least 4 members (excludes halogenated alkanes) is 1. The molecular formula is C19H35N5O7S2. The van der Waals surface area contributed by atoms with Crippen LogP contribution in [0.15, 0.2) is 0 Å². The Kier molecular flexibility index (Phi) is 16.4. The molecule has 0 saturated carbocycles. The molecule has 0 heterocycles. The molecule has 0 aromatic carbocycles. The zero-order valence-corrected chi connectivity index (χ0v) is 20.3. The average Bonchev–Trinajstić information content (AvgIpc) is 2.77. The first-order chi connectivity index (χ1) is 15.6. The number of amides is 3. The van der Waals surface area contributed by atoms with Gasteiger partial charge in [-0.1, -0.05) is 0 Å². The molecule has 0 aromatic heterocycles. The monoisotopic (exact) mass is 509 g/mol. The van der Waals surface area contributed by atoms with E-state index in [9.17, 15) is 29.1 Å². The van der Waals surface area contributed by atoms with Crippen molar-refractivity contribution in [1.82, 2.24) is 16.0 Å². The topological polar surface area (TPSA) is 214 Å². The van der Waals surface area contributed by atoms with Gasteiger partial charge >= 0.3 is 11.9 Å². The SMILES string of the molecule is CSCCC(NC(=O)C(CCCCN)NC(=O)C(CCC(=O)O)NC(=O)C(N)CS)C(=O)O. The quantitative estimate of drug-likeness (QED) is 0.0793. The molecule has 0 spiro atoms. The number of rotatable bonds is 18. The summed E-state index contributed by atoms with van der Waals surface area (Å²) in [7, 11) is 0. The number of thiol groups is 1.